The maximum absolute atomic E-state index is 12.0. The van der Waals surface area contributed by atoms with Gasteiger partial charge in [-0.3, -0.25) is 0 Å². The summed E-state index contributed by atoms with van der Waals surface area (Å²) >= 11 is 5.61. The van der Waals surface area contributed by atoms with E-state index < -0.39 is 15.3 Å². The van der Waals surface area contributed by atoms with Crippen molar-refractivity contribution >= 4 is 21.6 Å². The lowest BCUT2D eigenvalue weighted by Crippen LogP contribution is -2.43. The second-order valence-corrected chi connectivity index (χ2v) is 6.97. The number of hydrogen-bond donors (Lipinski definition) is 0. The van der Waals surface area contributed by atoms with E-state index in [-0.39, 0.29) is 5.88 Å². The van der Waals surface area contributed by atoms with E-state index >= 15 is 0 Å². The Hall–Kier alpha value is 0.160. The number of halogens is 1. The van der Waals surface area contributed by atoms with Crippen molar-refractivity contribution in [3.8, 4) is 0 Å². The predicted octanol–water partition coefficient (Wildman–Crippen LogP) is 1.30. The average Bonchev–Trinajstić information content (AvgIpc) is 2.29. The zero-order valence-electron chi connectivity index (χ0n) is 9.86. The van der Waals surface area contributed by atoms with Gasteiger partial charge in [0.05, 0.1) is 5.25 Å². The zero-order chi connectivity index (χ0) is 12.2. The Kier molecular flexibility index (Phi) is 5.50. The number of piperidine rings is 1. The number of rotatable bonds is 5. The molecule has 0 radical (unpaired) electrons. The number of ether oxygens (including phenoxy) is 1. The van der Waals surface area contributed by atoms with E-state index in [0.717, 1.165) is 19.4 Å². The van der Waals surface area contributed by atoms with Gasteiger partial charge in [0.15, 0.2) is 0 Å². The molecule has 1 fully saturated rings. The summed E-state index contributed by atoms with van der Waals surface area (Å²) in [4.78, 5) is 0. The monoisotopic (exact) mass is 269 g/mol. The van der Waals surface area contributed by atoms with Crippen LogP contribution in [0, 0.1) is 5.92 Å². The fraction of sp³-hybridized carbons (Fsp3) is 1.00. The average molecular weight is 270 g/mol. The third-order valence-electron chi connectivity index (χ3n) is 3.06. The van der Waals surface area contributed by atoms with E-state index in [2.05, 4.69) is 0 Å². The standard InChI is InChI=1S/C10H20ClNO3S/c1-9(7-11)16(13,14)12-5-3-10(4-6-12)8-15-2/h9-10H,3-8H2,1-2H3. The molecule has 1 aliphatic rings. The summed E-state index contributed by atoms with van der Waals surface area (Å²) in [6, 6.07) is 0. The van der Waals surface area contributed by atoms with E-state index in [9.17, 15) is 8.42 Å². The summed E-state index contributed by atoms with van der Waals surface area (Å²) in [5, 5.41) is -0.492. The molecule has 1 aliphatic heterocycles. The number of alkyl halides is 1. The quantitative estimate of drug-likeness (QED) is 0.707. The Labute approximate surface area is 103 Å². The minimum absolute atomic E-state index is 0.153. The van der Waals surface area contributed by atoms with Crippen molar-refractivity contribution in [3.05, 3.63) is 0 Å². The highest BCUT2D eigenvalue weighted by molar-refractivity contribution is 7.89. The molecule has 1 unspecified atom stereocenters. The summed E-state index contributed by atoms with van der Waals surface area (Å²) in [5.74, 6) is 0.642. The van der Waals surface area contributed by atoms with Crippen LogP contribution in [0.1, 0.15) is 19.8 Å². The van der Waals surface area contributed by atoms with Crippen LogP contribution in [-0.4, -0.2) is 50.7 Å². The van der Waals surface area contributed by atoms with E-state index in [1.807, 2.05) is 0 Å². The van der Waals surface area contributed by atoms with Crippen LogP contribution in [0.15, 0.2) is 0 Å². The highest BCUT2D eigenvalue weighted by atomic mass is 35.5. The summed E-state index contributed by atoms with van der Waals surface area (Å²) in [6.07, 6.45) is 1.75. The molecule has 16 heavy (non-hydrogen) atoms. The first-order chi connectivity index (χ1) is 7.52. The second kappa shape index (κ2) is 6.19. The molecule has 1 rings (SSSR count). The normalized spacial score (nSPS) is 22.2. The van der Waals surface area contributed by atoms with Gasteiger partial charge in [-0.25, -0.2) is 12.7 Å². The summed E-state index contributed by atoms with van der Waals surface area (Å²) < 4.78 is 30.6. The molecule has 0 amide bonds. The largest absolute Gasteiger partial charge is 0.384 e. The molecule has 0 aromatic carbocycles. The number of methoxy groups -OCH3 is 1. The molecule has 1 atom stereocenters. The maximum atomic E-state index is 12.0. The molecule has 0 aromatic rings. The van der Waals surface area contributed by atoms with Crippen LogP contribution in [0.2, 0.25) is 0 Å². The second-order valence-electron chi connectivity index (χ2n) is 4.31. The predicted molar refractivity (Wildman–Crippen MR) is 65.3 cm³/mol. The van der Waals surface area contributed by atoms with Crippen LogP contribution in [0.4, 0.5) is 0 Å². The molecule has 0 N–H and O–H groups in total. The Morgan fingerprint density at radius 2 is 2.00 bits per heavy atom. The van der Waals surface area contributed by atoms with Gasteiger partial charge in [-0.05, 0) is 25.7 Å². The topological polar surface area (TPSA) is 46.6 Å². The van der Waals surface area contributed by atoms with E-state index in [4.69, 9.17) is 16.3 Å². The molecular weight excluding hydrogens is 250 g/mol. The molecule has 1 heterocycles. The van der Waals surface area contributed by atoms with Crippen LogP contribution in [0.3, 0.4) is 0 Å². The van der Waals surface area contributed by atoms with Crippen molar-refractivity contribution in [2.45, 2.75) is 25.0 Å². The lowest BCUT2D eigenvalue weighted by Gasteiger charge is -2.32. The van der Waals surface area contributed by atoms with Gasteiger partial charge in [0.1, 0.15) is 0 Å². The van der Waals surface area contributed by atoms with Crippen LogP contribution in [0.5, 0.6) is 0 Å². The van der Waals surface area contributed by atoms with E-state index in [0.29, 0.717) is 19.0 Å². The lowest BCUT2D eigenvalue weighted by molar-refractivity contribution is 0.121. The molecule has 0 spiro atoms. The molecule has 6 heteroatoms. The fourth-order valence-electron chi connectivity index (χ4n) is 1.90. The van der Waals surface area contributed by atoms with Crippen molar-refractivity contribution in [1.29, 1.82) is 0 Å². The minimum atomic E-state index is -3.19. The lowest BCUT2D eigenvalue weighted by atomic mass is 9.99. The molecule has 0 aromatic heterocycles. The van der Waals surface area contributed by atoms with Crippen LogP contribution in [0.25, 0.3) is 0 Å². The van der Waals surface area contributed by atoms with Gasteiger partial charge in [0.25, 0.3) is 0 Å². The molecular formula is C10H20ClNO3S. The van der Waals surface area contributed by atoms with Crippen LogP contribution in [-0.2, 0) is 14.8 Å². The number of hydrogen-bond acceptors (Lipinski definition) is 3. The van der Waals surface area contributed by atoms with Gasteiger partial charge in [-0.2, -0.15) is 0 Å². The zero-order valence-corrected chi connectivity index (χ0v) is 11.4. The van der Waals surface area contributed by atoms with Crippen LogP contribution >= 0.6 is 11.6 Å². The Bertz CT molecular complexity index is 299. The molecule has 0 bridgehead atoms. The first-order valence-electron chi connectivity index (χ1n) is 5.56. The van der Waals surface area contributed by atoms with Gasteiger partial charge < -0.3 is 4.74 Å². The molecule has 0 aliphatic carbocycles. The summed E-state index contributed by atoms with van der Waals surface area (Å²) in [7, 11) is -1.51. The number of sulfonamides is 1. The summed E-state index contributed by atoms with van der Waals surface area (Å²) in [5.41, 5.74) is 0. The van der Waals surface area contributed by atoms with Gasteiger partial charge in [-0.15, -0.1) is 11.6 Å². The number of nitrogens with zero attached hydrogens (tertiary/aromatic N) is 1. The van der Waals surface area contributed by atoms with Crippen molar-refractivity contribution in [2.75, 3.05) is 32.7 Å². The van der Waals surface area contributed by atoms with E-state index in [1.54, 1.807) is 18.3 Å². The third kappa shape index (κ3) is 3.32. The van der Waals surface area contributed by atoms with E-state index in [1.165, 1.54) is 0 Å². The van der Waals surface area contributed by atoms with Crippen molar-refractivity contribution in [3.63, 3.8) is 0 Å². The Morgan fingerprint density at radius 3 is 2.44 bits per heavy atom. The first kappa shape index (κ1) is 14.2. The molecule has 1 saturated heterocycles. The smallest absolute Gasteiger partial charge is 0.217 e. The van der Waals surface area contributed by atoms with Crippen molar-refractivity contribution < 1.29 is 13.2 Å². The first-order valence-corrected chi connectivity index (χ1v) is 7.60. The molecule has 0 saturated carbocycles. The third-order valence-corrected chi connectivity index (χ3v) is 5.98. The Balaban J connectivity index is 2.53. The van der Waals surface area contributed by atoms with Crippen LogP contribution < -0.4 is 0 Å². The molecule has 4 nitrogen and oxygen atoms in total. The highest BCUT2D eigenvalue weighted by Gasteiger charge is 2.31. The molecule has 96 valence electrons. The maximum Gasteiger partial charge on any atom is 0.217 e. The minimum Gasteiger partial charge on any atom is -0.384 e. The SMILES string of the molecule is COCC1CCN(S(=O)(=O)C(C)CCl)CC1. The van der Waals surface area contributed by atoms with Gasteiger partial charge in [0.2, 0.25) is 10.0 Å². The van der Waals surface area contributed by atoms with Gasteiger partial charge >= 0.3 is 0 Å². The van der Waals surface area contributed by atoms with Gasteiger partial charge in [-0.1, -0.05) is 0 Å². The fourth-order valence-corrected chi connectivity index (χ4v) is 3.77. The highest BCUT2D eigenvalue weighted by Crippen LogP contribution is 2.22. The summed E-state index contributed by atoms with van der Waals surface area (Å²) in [6.45, 7) is 3.57. The van der Waals surface area contributed by atoms with Crippen molar-refractivity contribution in [1.82, 2.24) is 4.31 Å². The Morgan fingerprint density at radius 1 is 1.44 bits per heavy atom. The van der Waals surface area contributed by atoms with Crippen molar-refractivity contribution in [2.24, 2.45) is 5.92 Å². The van der Waals surface area contributed by atoms with Gasteiger partial charge in [0, 0.05) is 32.7 Å².